The lowest BCUT2D eigenvalue weighted by atomic mass is 9.75. The smallest absolute Gasteiger partial charge is 0.269 e. The summed E-state index contributed by atoms with van der Waals surface area (Å²) in [5.74, 6) is 0.114. The van der Waals surface area contributed by atoms with Crippen LogP contribution in [0.3, 0.4) is 0 Å². The zero-order chi connectivity index (χ0) is 18.3. The lowest BCUT2D eigenvalue weighted by molar-refractivity contribution is 0.0881. The molecule has 1 heterocycles. The number of benzene rings is 1. The normalized spacial score (nSPS) is 27.0. The number of Topliss-reactive ketones (excluding diaryl/α,β-unsaturated/α-hetero) is 1. The molecule has 0 spiro atoms. The van der Waals surface area contributed by atoms with Gasteiger partial charge in [0.1, 0.15) is 11.4 Å². The molecule has 5 nitrogen and oxygen atoms in total. The van der Waals surface area contributed by atoms with Gasteiger partial charge in [-0.3, -0.25) is 14.3 Å². The van der Waals surface area contributed by atoms with E-state index in [4.69, 9.17) is 4.55 Å². The fourth-order valence-corrected chi connectivity index (χ4v) is 4.97. The van der Waals surface area contributed by atoms with Crippen molar-refractivity contribution in [3.8, 4) is 0 Å². The molecule has 1 saturated carbocycles. The Bertz CT molecular complexity index is 951. The number of carbonyl (C=O) groups excluding carboxylic acids is 1. The van der Waals surface area contributed by atoms with Gasteiger partial charge in [-0.05, 0) is 41.5 Å². The van der Waals surface area contributed by atoms with Crippen molar-refractivity contribution in [2.45, 2.75) is 18.1 Å². The highest BCUT2D eigenvalue weighted by Gasteiger charge is 2.48. The Balaban J connectivity index is 1.64. The summed E-state index contributed by atoms with van der Waals surface area (Å²) in [5, 5.41) is 0. The third-order valence-electron chi connectivity index (χ3n) is 5.39. The number of hydrogen-bond donors (Lipinski definition) is 1. The maximum atomic E-state index is 13.1. The van der Waals surface area contributed by atoms with Crippen LogP contribution in [0.4, 0.5) is 0 Å². The van der Waals surface area contributed by atoms with Gasteiger partial charge in [-0.15, -0.1) is 0 Å². The summed E-state index contributed by atoms with van der Waals surface area (Å²) in [5.41, 5.74) is 2.05. The molecule has 0 aliphatic heterocycles. The van der Waals surface area contributed by atoms with Crippen molar-refractivity contribution in [3.05, 3.63) is 77.6 Å². The van der Waals surface area contributed by atoms with Crippen molar-refractivity contribution >= 4 is 15.9 Å². The SMILES string of the molecule is O=C(c1ccccn1)[C@H]1[C@H](c2ccc(CS(=O)(=O)O)cc2)[C@H]2C=C[C@@H]1C2. The van der Waals surface area contributed by atoms with Crippen LogP contribution in [0.2, 0.25) is 0 Å². The molecule has 1 N–H and O–H groups in total. The summed E-state index contributed by atoms with van der Waals surface area (Å²) >= 11 is 0. The second-order valence-electron chi connectivity index (χ2n) is 7.05. The van der Waals surface area contributed by atoms with Crippen LogP contribution in [-0.2, 0) is 15.9 Å². The van der Waals surface area contributed by atoms with E-state index < -0.39 is 15.9 Å². The first-order chi connectivity index (χ1) is 12.4. The molecular formula is C20H19NO4S. The minimum Gasteiger partial charge on any atom is -0.292 e. The molecule has 0 saturated heterocycles. The fourth-order valence-electron chi connectivity index (χ4n) is 4.36. The van der Waals surface area contributed by atoms with E-state index in [0.29, 0.717) is 17.2 Å². The Morgan fingerprint density at radius 3 is 2.46 bits per heavy atom. The number of fused-ring (bicyclic) bond motifs is 2. The second kappa shape index (κ2) is 6.45. The molecule has 1 aromatic carbocycles. The van der Waals surface area contributed by atoms with E-state index in [0.717, 1.165) is 12.0 Å². The molecule has 26 heavy (non-hydrogen) atoms. The Kier molecular flexibility index (Phi) is 4.25. The van der Waals surface area contributed by atoms with Gasteiger partial charge in [0.25, 0.3) is 10.1 Å². The van der Waals surface area contributed by atoms with Crippen LogP contribution >= 0.6 is 0 Å². The Hall–Kier alpha value is -2.31. The van der Waals surface area contributed by atoms with Crippen LogP contribution in [0.1, 0.15) is 34.0 Å². The third-order valence-corrected chi connectivity index (χ3v) is 6.09. The highest BCUT2D eigenvalue weighted by atomic mass is 32.2. The highest BCUT2D eigenvalue weighted by Crippen LogP contribution is 2.53. The average molecular weight is 369 g/mol. The van der Waals surface area contributed by atoms with E-state index in [2.05, 4.69) is 17.1 Å². The first kappa shape index (κ1) is 17.1. The van der Waals surface area contributed by atoms with Gasteiger partial charge in [0, 0.05) is 18.0 Å². The van der Waals surface area contributed by atoms with Gasteiger partial charge in [-0.25, -0.2) is 0 Å². The standard InChI is InChI=1S/C20H19NO4S/c22-20(17-3-1-2-10-21-17)19-16-9-8-15(11-16)18(19)14-6-4-13(5-7-14)12-26(23,24)25/h1-10,15-16,18-19H,11-12H2,(H,23,24,25)/t15-,16+,18+,19+/m0/s1. The Morgan fingerprint density at radius 1 is 1.08 bits per heavy atom. The van der Waals surface area contributed by atoms with Crippen molar-refractivity contribution in [2.24, 2.45) is 17.8 Å². The summed E-state index contributed by atoms with van der Waals surface area (Å²) in [4.78, 5) is 17.3. The molecule has 0 amide bonds. The molecule has 1 fully saturated rings. The predicted molar refractivity (Wildman–Crippen MR) is 97.2 cm³/mol. The van der Waals surface area contributed by atoms with Crippen LogP contribution in [0.15, 0.2) is 60.8 Å². The molecule has 0 unspecified atom stereocenters. The molecule has 4 rings (SSSR count). The van der Waals surface area contributed by atoms with Gasteiger partial charge in [0.05, 0.1) is 0 Å². The summed E-state index contributed by atoms with van der Waals surface area (Å²) in [6.07, 6.45) is 6.92. The number of ketones is 1. The molecule has 2 bridgehead atoms. The van der Waals surface area contributed by atoms with E-state index in [1.807, 2.05) is 18.2 Å². The molecule has 1 aromatic heterocycles. The molecule has 0 radical (unpaired) electrons. The van der Waals surface area contributed by atoms with Crippen molar-refractivity contribution in [2.75, 3.05) is 0 Å². The number of nitrogens with zero attached hydrogens (tertiary/aromatic N) is 1. The van der Waals surface area contributed by atoms with E-state index in [-0.39, 0.29) is 23.5 Å². The monoisotopic (exact) mass is 369 g/mol. The van der Waals surface area contributed by atoms with Crippen molar-refractivity contribution < 1.29 is 17.8 Å². The second-order valence-corrected chi connectivity index (χ2v) is 8.50. The topological polar surface area (TPSA) is 84.3 Å². The van der Waals surface area contributed by atoms with Gasteiger partial charge in [0.2, 0.25) is 0 Å². The van der Waals surface area contributed by atoms with E-state index >= 15 is 0 Å². The minimum atomic E-state index is -4.05. The summed E-state index contributed by atoms with van der Waals surface area (Å²) in [6, 6.07) is 12.5. The first-order valence-corrected chi connectivity index (χ1v) is 10.2. The molecular weight excluding hydrogens is 350 g/mol. The number of rotatable bonds is 5. The summed E-state index contributed by atoms with van der Waals surface area (Å²) < 4.78 is 31.1. The van der Waals surface area contributed by atoms with Gasteiger partial charge in [0.15, 0.2) is 5.78 Å². The molecule has 134 valence electrons. The van der Waals surface area contributed by atoms with Crippen molar-refractivity contribution in [3.63, 3.8) is 0 Å². The summed E-state index contributed by atoms with van der Waals surface area (Å²) in [6.45, 7) is 0. The van der Waals surface area contributed by atoms with Crippen LogP contribution in [-0.4, -0.2) is 23.7 Å². The van der Waals surface area contributed by atoms with Crippen molar-refractivity contribution in [1.29, 1.82) is 0 Å². The largest absolute Gasteiger partial charge is 0.292 e. The van der Waals surface area contributed by atoms with Crippen molar-refractivity contribution in [1.82, 2.24) is 4.98 Å². The molecule has 2 aromatic rings. The highest BCUT2D eigenvalue weighted by molar-refractivity contribution is 7.85. The van der Waals surface area contributed by atoms with Gasteiger partial charge in [-0.1, -0.05) is 42.5 Å². The fraction of sp³-hybridized carbons (Fsp3) is 0.300. The minimum absolute atomic E-state index is 0.0643. The number of aromatic nitrogens is 1. The zero-order valence-electron chi connectivity index (χ0n) is 14.0. The molecule has 6 heteroatoms. The molecule has 2 aliphatic carbocycles. The van der Waals surface area contributed by atoms with E-state index in [9.17, 15) is 13.2 Å². The number of hydrogen-bond acceptors (Lipinski definition) is 4. The van der Waals surface area contributed by atoms with Crippen LogP contribution in [0.5, 0.6) is 0 Å². The van der Waals surface area contributed by atoms with Crippen LogP contribution in [0.25, 0.3) is 0 Å². The lowest BCUT2D eigenvalue weighted by Gasteiger charge is -2.27. The average Bonchev–Trinajstić information content (AvgIpc) is 3.22. The van der Waals surface area contributed by atoms with E-state index in [1.165, 1.54) is 0 Å². The quantitative estimate of drug-likeness (QED) is 0.497. The van der Waals surface area contributed by atoms with E-state index in [1.54, 1.807) is 30.5 Å². The number of allylic oxidation sites excluding steroid dienone is 2. The first-order valence-electron chi connectivity index (χ1n) is 8.60. The van der Waals surface area contributed by atoms with Crippen LogP contribution in [0, 0.1) is 17.8 Å². The van der Waals surface area contributed by atoms with Gasteiger partial charge in [-0.2, -0.15) is 8.42 Å². The zero-order valence-corrected chi connectivity index (χ0v) is 14.8. The molecule has 2 aliphatic rings. The Morgan fingerprint density at radius 2 is 1.81 bits per heavy atom. The predicted octanol–water partition coefficient (Wildman–Crippen LogP) is 3.26. The van der Waals surface area contributed by atoms with Gasteiger partial charge >= 0.3 is 0 Å². The van der Waals surface area contributed by atoms with Gasteiger partial charge < -0.3 is 0 Å². The van der Waals surface area contributed by atoms with Crippen LogP contribution < -0.4 is 0 Å². The third kappa shape index (κ3) is 3.22. The number of pyridine rings is 1. The number of carbonyl (C=O) groups is 1. The maximum absolute atomic E-state index is 13.1. The maximum Gasteiger partial charge on any atom is 0.269 e. The molecule has 4 atom stereocenters. The summed E-state index contributed by atoms with van der Waals surface area (Å²) in [7, 11) is -4.05. The lowest BCUT2D eigenvalue weighted by Crippen LogP contribution is -2.27. The Labute approximate surface area is 152 Å².